The van der Waals surface area contributed by atoms with E-state index in [0.29, 0.717) is 11.9 Å². The van der Waals surface area contributed by atoms with Crippen LogP contribution in [-0.2, 0) is 9.53 Å². The molecule has 1 aromatic carbocycles. The van der Waals surface area contributed by atoms with E-state index in [0.717, 1.165) is 46.9 Å². The Hall–Kier alpha value is -2.31. The van der Waals surface area contributed by atoms with Crippen LogP contribution in [0, 0.1) is 5.92 Å². The van der Waals surface area contributed by atoms with Crippen molar-refractivity contribution in [3.05, 3.63) is 42.2 Å². The fourth-order valence-corrected chi connectivity index (χ4v) is 4.13. The second-order valence-electron chi connectivity index (χ2n) is 6.70. The molecule has 0 aliphatic heterocycles. The summed E-state index contributed by atoms with van der Waals surface area (Å²) in [6, 6.07) is 8.18. The van der Waals surface area contributed by atoms with Crippen LogP contribution in [0.5, 0.6) is 0 Å². The van der Waals surface area contributed by atoms with E-state index >= 15 is 0 Å². The number of hydrogen-bond acceptors (Lipinski definition) is 5. The lowest BCUT2D eigenvalue weighted by atomic mass is 9.87. The SMILES string of the molecule is COC1CCC(C(=O)Nc2cc3cc(-c4cncs4)ccc3cn2)CC1. The summed E-state index contributed by atoms with van der Waals surface area (Å²) >= 11 is 1.61. The Morgan fingerprint density at radius 1 is 1.15 bits per heavy atom. The fraction of sp³-hybridized carbons (Fsp3) is 0.350. The first-order valence-electron chi connectivity index (χ1n) is 8.85. The molecule has 2 aromatic heterocycles. The number of thiazole rings is 1. The topological polar surface area (TPSA) is 64.1 Å². The van der Waals surface area contributed by atoms with Crippen LogP contribution in [0.2, 0.25) is 0 Å². The minimum atomic E-state index is 0.0439. The number of hydrogen-bond donors (Lipinski definition) is 1. The van der Waals surface area contributed by atoms with Crippen molar-refractivity contribution in [1.82, 2.24) is 9.97 Å². The number of amides is 1. The van der Waals surface area contributed by atoms with E-state index in [-0.39, 0.29) is 11.8 Å². The van der Waals surface area contributed by atoms with Gasteiger partial charge in [-0.25, -0.2) is 4.98 Å². The van der Waals surface area contributed by atoms with E-state index in [1.807, 2.05) is 24.0 Å². The van der Waals surface area contributed by atoms with E-state index < -0.39 is 0 Å². The number of nitrogens with one attached hydrogen (secondary N) is 1. The van der Waals surface area contributed by atoms with Crippen molar-refractivity contribution in [2.45, 2.75) is 31.8 Å². The molecule has 1 fully saturated rings. The van der Waals surface area contributed by atoms with Gasteiger partial charge >= 0.3 is 0 Å². The summed E-state index contributed by atoms with van der Waals surface area (Å²) < 4.78 is 5.38. The van der Waals surface area contributed by atoms with Gasteiger partial charge in [-0.3, -0.25) is 9.78 Å². The van der Waals surface area contributed by atoms with Gasteiger partial charge in [0, 0.05) is 30.8 Å². The Morgan fingerprint density at radius 2 is 2.00 bits per heavy atom. The summed E-state index contributed by atoms with van der Waals surface area (Å²) in [5, 5.41) is 5.10. The monoisotopic (exact) mass is 367 g/mol. The number of rotatable bonds is 4. The number of nitrogens with zero attached hydrogens (tertiary/aromatic N) is 2. The zero-order valence-electron chi connectivity index (χ0n) is 14.6. The molecule has 0 unspecified atom stereocenters. The van der Waals surface area contributed by atoms with Gasteiger partial charge in [-0.1, -0.05) is 12.1 Å². The van der Waals surface area contributed by atoms with Crippen LogP contribution in [0.15, 0.2) is 42.2 Å². The zero-order valence-corrected chi connectivity index (χ0v) is 15.5. The van der Waals surface area contributed by atoms with Crippen LogP contribution in [0.25, 0.3) is 21.2 Å². The number of methoxy groups -OCH3 is 1. The Balaban J connectivity index is 1.50. The molecule has 6 heteroatoms. The van der Waals surface area contributed by atoms with Crippen LogP contribution >= 0.6 is 11.3 Å². The molecule has 26 heavy (non-hydrogen) atoms. The molecule has 2 heterocycles. The maximum atomic E-state index is 12.6. The first kappa shape index (κ1) is 17.1. The molecule has 4 rings (SSSR count). The van der Waals surface area contributed by atoms with E-state index in [4.69, 9.17) is 4.74 Å². The fourth-order valence-electron chi connectivity index (χ4n) is 3.51. The highest BCUT2D eigenvalue weighted by Gasteiger charge is 2.26. The highest BCUT2D eigenvalue weighted by Crippen LogP contribution is 2.29. The van der Waals surface area contributed by atoms with Gasteiger partial charge in [-0.05, 0) is 48.8 Å². The number of fused-ring (bicyclic) bond motifs is 1. The van der Waals surface area contributed by atoms with Crippen molar-refractivity contribution in [2.75, 3.05) is 12.4 Å². The van der Waals surface area contributed by atoms with E-state index in [2.05, 4.69) is 33.5 Å². The van der Waals surface area contributed by atoms with Crippen molar-refractivity contribution in [2.24, 2.45) is 5.92 Å². The molecule has 5 nitrogen and oxygen atoms in total. The zero-order chi connectivity index (χ0) is 17.9. The molecule has 3 aromatic rings. The molecule has 0 bridgehead atoms. The minimum absolute atomic E-state index is 0.0439. The lowest BCUT2D eigenvalue weighted by Crippen LogP contribution is -2.29. The third-order valence-corrected chi connectivity index (χ3v) is 5.89. The summed E-state index contributed by atoms with van der Waals surface area (Å²) in [5.41, 5.74) is 2.96. The molecule has 1 aliphatic rings. The molecule has 1 aliphatic carbocycles. The van der Waals surface area contributed by atoms with Crippen molar-refractivity contribution < 1.29 is 9.53 Å². The van der Waals surface area contributed by atoms with Crippen LogP contribution in [0.4, 0.5) is 5.82 Å². The van der Waals surface area contributed by atoms with Gasteiger partial charge in [0.25, 0.3) is 0 Å². The lowest BCUT2D eigenvalue weighted by molar-refractivity contribution is -0.121. The molecule has 0 saturated heterocycles. The van der Waals surface area contributed by atoms with E-state index in [1.165, 1.54) is 0 Å². The first-order chi connectivity index (χ1) is 12.7. The Labute approximate surface area is 156 Å². The lowest BCUT2D eigenvalue weighted by Gasteiger charge is -2.26. The summed E-state index contributed by atoms with van der Waals surface area (Å²) in [6.45, 7) is 0. The Bertz CT molecular complexity index is 903. The summed E-state index contributed by atoms with van der Waals surface area (Å²) in [6.07, 6.45) is 7.59. The van der Waals surface area contributed by atoms with Gasteiger partial charge in [-0.2, -0.15) is 0 Å². The maximum absolute atomic E-state index is 12.6. The third kappa shape index (κ3) is 3.61. The summed E-state index contributed by atoms with van der Waals surface area (Å²) in [4.78, 5) is 22.2. The summed E-state index contributed by atoms with van der Waals surface area (Å²) in [5.74, 6) is 0.713. The van der Waals surface area contributed by atoms with Gasteiger partial charge in [-0.15, -0.1) is 11.3 Å². The first-order valence-corrected chi connectivity index (χ1v) is 9.73. The smallest absolute Gasteiger partial charge is 0.228 e. The average molecular weight is 367 g/mol. The largest absolute Gasteiger partial charge is 0.381 e. The summed E-state index contributed by atoms with van der Waals surface area (Å²) in [7, 11) is 1.74. The molecule has 1 amide bonds. The third-order valence-electron chi connectivity index (χ3n) is 5.07. The average Bonchev–Trinajstić information content (AvgIpc) is 3.22. The molecule has 0 spiro atoms. The molecule has 0 atom stereocenters. The second-order valence-corrected chi connectivity index (χ2v) is 7.58. The predicted octanol–water partition coefficient (Wildman–Crippen LogP) is 4.50. The van der Waals surface area contributed by atoms with E-state index in [9.17, 15) is 4.79 Å². The molecule has 134 valence electrons. The van der Waals surface area contributed by atoms with Gasteiger partial charge in [0.05, 0.1) is 16.5 Å². The van der Waals surface area contributed by atoms with Gasteiger partial charge < -0.3 is 10.1 Å². The van der Waals surface area contributed by atoms with Crippen molar-refractivity contribution in [3.63, 3.8) is 0 Å². The maximum Gasteiger partial charge on any atom is 0.228 e. The highest BCUT2D eigenvalue weighted by molar-refractivity contribution is 7.13. The second kappa shape index (κ2) is 7.51. The molecule has 1 saturated carbocycles. The normalized spacial score (nSPS) is 20.2. The quantitative estimate of drug-likeness (QED) is 0.737. The highest BCUT2D eigenvalue weighted by atomic mass is 32.1. The van der Waals surface area contributed by atoms with Crippen molar-refractivity contribution >= 4 is 33.8 Å². The Morgan fingerprint density at radius 3 is 2.73 bits per heavy atom. The standard InChI is InChI=1S/C20H21N3O2S/c1-25-17-6-4-13(5-7-17)20(24)23-19-9-16-8-14(18-11-21-12-26-18)2-3-15(16)10-22-19/h2-3,8-13,17H,4-7H2,1H3,(H,22,23,24). The van der Waals surface area contributed by atoms with Crippen molar-refractivity contribution in [1.29, 1.82) is 0 Å². The van der Waals surface area contributed by atoms with Crippen LogP contribution in [-0.4, -0.2) is 29.1 Å². The van der Waals surface area contributed by atoms with Gasteiger partial charge in [0.15, 0.2) is 0 Å². The van der Waals surface area contributed by atoms with Gasteiger partial charge in [0.2, 0.25) is 5.91 Å². The van der Waals surface area contributed by atoms with Crippen LogP contribution < -0.4 is 5.32 Å². The number of carbonyl (C=O) groups excluding carboxylic acids is 1. The van der Waals surface area contributed by atoms with Crippen LogP contribution in [0.3, 0.4) is 0 Å². The number of aromatic nitrogens is 2. The predicted molar refractivity (Wildman–Crippen MR) is 104 cm³/mol. The number of carbonyl (C=O) groups is 1. The minimum Gasteiger partial charge on any atom is -0.381 e. The number of anilines is 1. The van der Waals surface area contributed by atoms with Crippen LogP contribution in [0.1, 0.15) is 25.7 Å². The molecule has 1 N–H and O–H groups in total. The number of pyridine rings is 1. The molecular weight excluding hydrogens is 346 g/mol. The number of benzene rings is 1. The molecular formula is C20H21N3O2S. The van der Waals surface area contributed by atoms with Gasteiger partial charge in [0.1, 0.15) is 5.82 Å². The molecule has 0 radical (unpaired) electrons. The van der Waals surface area contributed by atoms with E-state index in [1.54, 1.807) is 18.4 Å². The van der Waals surface area contributed by atoms with Crippen molar-refractivity contribution in [3.8, 4) is 10.4 Å². The Kier molecular flexibility index (Phi) is 4.95. The number of ether oxygens (including phenoxy) is 1.